The van der Waals surface area contributed by atoms with E-state index in [0.29, 0.717) is 19.0 Å². The van der Waals surface area contributed by atoms with E-state index in [-0.39, 0.29) is 5.75 Å². The van der Waals surface area contributed by atoms with Crippen LogP contribution in [0.5, 0.6) is 0 Å². The molecule has 0 aromatic heterocycles. The lowest BCUT2D eigenvalue weighted by Gasteiger charge is -2.26. The third-order valence-corrected chi connectivity index (χ3v) is 7.77. The summed E-state index contributed by atoms with van der Waals surface area (Å²) >= 11 is 0. The number of likely N-dealkylation sites (tertiary alicyclic amines) is 1. The molecule has 0 spiro atoms. The summed E-state index contributed by atoms with van der Waals surface area (Å²) in [5.74, 6) is 0.698. The van der Waals surface area contributed by atoms with Crippen LogP contribution >= 0.6 is 0 Å². The van der Waals surface area contributed by atoms with Crippen LogP contribution in [0.2, 0.25) is 0 Å². The molecular formula is C21H36N4O2S. The highest BCUT2D eigenvalue weighted by Crippen LogP contribution is 2.15. The van der Waals surface area contributed by atoms with Gasteiger partial charge >= 0.3 is 0 Å². The molecule has 0 amide bonds. The van der Waals surface area contributed by atoms with Crippen LogP contribution in [0.1, 0.15) is 51.2 Å². The lowest BCUT2D eigenvalue weighted by Crippen LogP contribution is -2.41. The van der Waals surface area contributed by atoms with Gasteiger partial charge in [0.2, 0.25) is 0 Å². The van der Waals surface area contributed by atoms with Crippen LogP contribution in [0.15, 0.2) is 29.3 Å². The number of sulfone groups is 1. The maximum absolute atomic E-state index is 12.2. The van der Waals surface area contributed by atoms with Crippen molar-refractivity contribution in [1.82, 2.24) is 15.5 Å². The minimum Gasteiger partial charge on any atom is -0.355 e. The van der Waals surface area contributed by atoms with Crippen molar-refractivity contribution in [1.29, 1.82) is 0 Å². The van der Waals surface area contributed by atoms with E-state index < -0.39 is 14.6 Å². The van der Waals surface area contributed by atoms with E-state index in [4.69, 9.17) is 0 Å². The second-order valence-corrected chi connectivity index (χ2v) is 11.3. The van der Waals surface area contributed by atoms with Crippen LogP contribution in [-0.2, 0) is 22.9 Å². The monoisotopic (exact) mass is 408 g/mol. The molecule has 0 atom stereocenters. The molecule has 158 valence electrons. The van der Waals surface area contributed by atoms with E-state index in [0.717, 1.165) is 6.54 Å². The maximum Gasteiger partial charge on any atom is 0.191 e. The van der Waals surface area contributed by atoms with Crippen molar-refractivity contribution >= 4 is 15.8 Å². The quantitative estimate of drug-likeness (QED) is 0.536. The Morgan fingerprint density at radius 2 is 1.64 bits per heavy atom. The molecular weight excluding hydrogens is 372 g/mol. The normalized spacial score (nSPS) is 16.8. The average Bonchev–Trinajstić information content (AvgIpc) is 2.65. The van der Waals surface area contributed by atoms with Gasteiger partial charge in [-0.3, -0.25) is 9.89 Å². The maximum atomic E-state index is 12.2. The minimum atomic E-state index is -3.14. The lowest BCUT2D eigenvalue weighted by molar-refractivity contribution is 0.221. The van der Waals surface area contributed by atoms with Crippen molar-refractivity contribution in [3.05, 3.63) is 35.4 Å². The summed E-state index contributed by atoms with van der Waals surface area (Å²) in [7, 11) is -1.45. The topological polar surface area (TPSA) is 73.8 Å². The van der Waals surface area contributed by atoms with Crippen molar-refractivity contribution < 1.29 is 8.42 Å². The van der Waals surface area contributed by atoms with E-state index in [1.54, 1.807) is 27.8 Å². The molecule has 1 saturated heterocycles. The molecule has 0 bridgehead atoms. The van der Waals surface area contributed by atoms with Crippen LogP contribution in [0.4, 0.5) is 0 Å². The number of hydrogen-bond donors (Lipinski definition) is 2. The Morgan fingerprint density at radius 1 is 1.04 bits per heavy atom. The Labute approximate surface area is 170 Å². The lowest BCUT2D eigenvalue weighted by atomic mass is 10.1. The second-order valence-electron chi connectivity index (χ2n) is 8.44. The van der Waals surface area contributed by atoms with Crippen molar-refractivity contribution in [2.24, 2.45) is 4.99 Å². The number of aliphatic imine (C=N–C) groups is 1. The third kappa shape index (κ3) is 7.09. The number of nitrogens with zero attached hydrogens (tertiary/aromatic N) is 2. The summed E-state index contributed by atoms with van der Waals surface area (Å²) in [6.45, 7) is 9.61. The highest BCUT2D eigenvalue weighted by molar-refractivity contribution is 7.92. The van der Waals surface area contributed by atoms with Gasteiger partial charge < -0.3 is 10.6 Å². The van der Waals surface area contributed by atoms with Gasteiger partial charge in [0.1, 0.15) is 0 Å². The molecule has 1 fully saturated rings. The fraction of sp³-hybridized carbons (Fsp3) is 0.667. The predicted molar refractivity (Wildman–Crippen MR) is 117 cm³/mol. The second kappa shape index (κ2) is 10.3. The fourth-order valence-electron chi connectivity index (χ4n) is 3.15. The Bertz CT molecular complexity index is 731. The number of piperidine rings is 1. The van der Waals surface area contributed by atoms with Gasteiger partial charge in [0.05, 0.1) is 10.5 Å². The van der Waals surface area contributed by atoms with Gasteiger partial charge in [0.25, 0.3) is 0 Å². The molecule has 0 unspecified atom stereocenters. The Morgan fingerprint density at radius 3 is 2.21 bits per heavy atom. The van der Waals surface area contributed by atoms with Gasteiger partial charge in [-0.1, -0.05) is 30.7 Å². The molecule has 7 heteroatoms. The Balaban J connectivity index is 1.76. The van der Waals surface area contributed by atoms with Crippen LogP contribution < -0.4 is 10.6 Å². The van der Waals surface area contributed by atoms with Gasteiger partial charge in [-0.05, 0) is 57.8 Å². The molecule has 1 aromatic rings. The van der Waals surface area contributed by atoms with Crippen molar-refractivity contribution in [2.45, 2.75) is 57.9 Å². The number of hydrogen-bond acceptors (Lipinski definition) is 4. The van der Waals surface area contributed by atoms with Crippen molar-refractivity contribution in [3.8, 4) is 0 Å². The standard InChI is InChI=1S/C21H36N4O2S/c1-21(2,3)28(26,27)15-12-23-20(22-4)24-16-18-8-10-19(11-9-18)17-25-13-6-5-7-14-25/h8-11H,5-7,12-17H2,1-4H3,(H2,22,23,24). The van der Waals surface area contributed by atoms with Crippen LogP contribution in [-0.4, -0.2) is 56.5 Å². The first kappa shape index (κ1) is 22.7. The zero-order valence-electron chi connectivity index (χ0n) is 17.8. The number of rotatable bonds is 7. The smallest absolute Gasteiger partial charge is 0.191 e. The summed E-state index contributed by atoms with van der Waals surface area (Å²) in [5.41, 5.74) is 2.52. The van der Waals surface area contributed by atoms with E-state index in [1.807, 2.05) is 0 Å². The molecule has 1 heterocycles. The summed E-state index contributed by atoms with van der Waals surface area (Å²) in [6.07, 6.45) is 3.98. The van der Waals surface area contributed by atoms with Gasteiger partial charge in [-0.25, -0.2) is 8.42 Å². The molecule has 1 aliphatic rings. The molecule has 1 aliphatic heterocycles. The van der Waals surface area contributed by atoms with E-state index >= 15 is 0 Å². The van der Waals surface area contributed by atoms with Gasteiger partial charge in [-0.15, -0.1) is 0 Å². The van der Waals surface area contributed by atoms with Crippen LogP contribution in [0.25, 0.3) is 0 Å². The molecule has 0 saturated carbocycles. The van der Waals surface area contributed by atoms with Gasteiger partial charge in [0, 0.05) is 26.7 Å². The van der Waals surface area contributed by atoms with E-state index in [9.17, 15) is 8.42 Å². The molecule has 6 nitrogen and oxygen atoms in total. The van der Waals surface area contributed by atoms with Crippen LogP contribution in [0, 0.1) is 0 Å². The third-order valence-electron chi connectivity index (χ3n) is 5.16. The Kier molecular flexibility index (Phi) is 8.31. The fourth-order valence-corrected chi connectivity index (χ4v) is 4.14. The van der Waals surface area contributed by atoms with Gasteiger partial charge in [0.15, 0.2) is 15.8 Å². The summed E-state index contributed by atoms with van der Waals surface area (Å²) in [5, 5.41) is 6.33. The summed E-state index contributed by atoms with van der Waals surface area (Å²) < 4.78 is 23.6. The molecule has 1 aromatic carbocycles. The average molecular weight is 409 g/mol. The molecule has 28 heavy (non-hydrogen) atoms. The molecule has 0 radical (unpaired) electrons. The van der Waals surface area contributed by atoms with Crippen LogP contribution in [0.3, 0.4) is 0 Å². The van der Waals surface area contributed by atoms with Crippen molar-refractivity contribution in [3.63, 3.8) is 0 Å². The molecule has 2 N–H and O–H groups in total. The summed E-state index contributed by atoms with van der Waals surface area (Å²) in [6, 6.07) is 8.67. The largest absolute Gasteiger partial charge is 0.355 e. The number of benzene rings is 1. The number of nitrogens with one attached hydrogen (secondary N) is 2. The van der Waals surface area contributed by atoms with E-state index in [2.05, 4.69) is 44.8 Å². The predicted octanol–water partition coefficient (Wildman–Crippen LogP) is 2.55. The first-order chi connectivity index (χ1) is 13.2. The zero-order valence-corrected chi connectivity index (χ0v) is 18.6. The zero-order chi connectivity index (χ0) is 20.6. The summed E-state index contributed by atoms with van der Waals surface area (Å²) in [4.78, 5) is 6.69. The SMILES string of the molecule is CN=C(NCCS(=O)(=O)C(C)(C)C)NCc1ccc(CN2CCCCC2)cc1. The number of guanidine groups is 1. The van der Waals surface area contributed by atoms with Gasteiger partial charge in [-0.2, -0.15) is 0 Å². The molecule has 0 aliphatic carbocycles. The minimum absolute atomic E-state index is 0.0857. The highest BCUT2D eigenvalue weighted by atomic mass is 32.2. The Hall–Kier alpha value is -1.60. The first-order valence-electron chi connectivity index (χ1n) is 10.2. The first-order valence-corrected chi connectivity index (χ1v) is 11.8. The molecule has 2 rings (SSSR count). The highest BCUT2D eigenvalue weighted by Gasteiger charge is 2.28. The van der Waals surface area contributed by atoms with E-state index in [1.165, 1.54) is 43.5 Å². The van der Waals surface area contributed by atoms with Crippen molar-refractivity contribution in [2.75, 3.05) is 32.4 Å².